The smallest absolute Gasteiger partial charge is 0.430 e. The number of ether oxygens (including phenoxy) is 2. The van der Waals surface area contributed by atoms with E-state index >= 15 is 8.78 Å². The van der Waals surface area contributed by atoms with Crippen molar-refractivity contribution < 1.29 is 96.0 Å². The summed E-state index contributed by atoms with van der Waals surface area (Å²) in [7, 11) is 3.35. The van der Waals surface area contributed by atoms with Gasteiger partial charge in [0.2, 0.25) is 12.7 Å². The second kappa shape index (κ2) is 33.8. The number of carbonyl (C=O) groups is 3. The maximum Gasteiger partial charge on any atom is 0.430 e. The summed E-state index contributed by atoms with van der Waals surface area (Å²) in [6.07, 6.45) is 1.41. The third kappa shape index (κ3) is 19.3. The highest BCUT2D eigenvalue weighted by Crippen LogP contribution is 2.44. The molecule has 4 aromatic heterocycles. The summed E-state index contributed by atoms with van der Waals surface area (Å²) in [5, 5.41) is 70.7. The van der Waals surface area contributed by atoms with Crippen molar-refractivity contribution in [1.82, 2.24) is 40.2 Å². The number of thiazole rings is 2. The first kappa shape index (κ1) is 77.4. The van der Waals surface area contributed by atoms with Crippen molar-refractivity contribution in [3.8, 4) is 46.2 Å². The van der Waals surface area contributed by atoms with E-state index in [0.717, 1.165) is 68.8 Å². The molecule has 0 aliphatic heterocycles. The molecule has 0 fully saturated rings. The van der Waals surface area contributed by atoms with E-state index in [-0.39, 0.29) is 66.2 Å². The Morgan fingerprint density at radius 2 is 0.940 bits per heavy atom. The Morgan fingerprint density at radius 3 is 1.24 bits per heavy atom. The van der Waals surface area contributed by atoms with Gasteiger partial charge >= 0.3 is 18.1 Å². The van der Waals surface area contributed by atoms with E-state index < -0.39 is 58.5 Å². The van der Waals surface area contributed by atoms with Gasteiger partial charge in [-0.05, 0) is 136 Å². The molecule has 6 aromatic carbocycles. The van der Waals surface area contributed by atoms with Crippen LogP contribution in [0.15, 0.2) is 145 Å². The number of hydrogen-bond donors (Lipinski definition) is 4. The van der Waals surface area contributed by atoms with Gasteiger partial charge in [0, 0.05) is 67.2 Å². The standard InChI is InChI=1S/2C34H33F2N6O3S.C2HF3O2.BrH/c2*1-21-11-25(12-22(2)32(21)45-31(43)15-38-4)16-41-19-39-42(20-41)18-34(44,28-10-9-27(35)13-29(28)36)23(3)33-40-30(17-46-33)26-7-5-24(14-37)6-8-26;3-2(4,5)1(6)7;/h2*5-13,17,19-20,23,38,44H,15-16,18H2,1-4H3;(H,6,7);1H/q2*+1;;/p-2/t2*23-,34+;;/m00../s1. The number of carboxylic acid groups (broad SMARTS) is 1. The lowest BCUT2D eigenvalue weighted by molar-refractivity contribution is -0.689. The molecule has 522 valence electrons. The zero-order valence-electron chi connectivity index (χ0n) is 54.9. The number of hydrogen-bond acceptors (Lipinski definition) is 18. The van der Waals surface area contributed by atoms with Crippen molar-refractivity contribution in [3.05, 3.63) is 234 Å². The van der Waals surface area contributed by atoms with Gasteiger partial charge in [0.15, 0.2) is 0 Å². The van der Waals surface area contributed by atoms with E-state index in [1.54, 1.807) is 102 Å². The first-order chi connectivity index (χ1) is 46.9. The summed E-state index contributed by atoms with van der Waals surface area (Å²) >= 11 is 2.64. The molecular formula is C70H66BrF7N12O8S2. The molecule has 0 aliphatic rings. The second-order valence-corrected chi connectivity index (χ2v) is 25.0. The van der Waals surface area contributed by atoms with Gasteiger partial charge in [-0.3, -0.25) is 9.59 Å². The van der Waals surface area contributed by atoms with Gasteiger partial charge < -0.3 is 57.2 Å². The zero-order valence-corrected chi connectivity index (χ0v) is 58.1. The molecule has 0 spiro atoms. The van der Waals surface area contributed by atoms with Gasteiger partial charge in [-0.15, -0.1) is 32.0 Å². The van der Waals surface area contributed by atoms with Crippen LogP contribution in [0, 0.1) is 73.6 Å². The molecule has 0 saturated heterocycles. The minimum absolute atomic E-state index is 0. The number of aliphatic hydroxyl groups is 2. The molecule has 10 rings (SSSR count). The first-order valence-corrected chi connectivity index (χ1v) is 32.0. The van der Waals surface area contributed by atoms with Crippen molar-refractivity contribution in [2.24, 2.45) is 0 Å². The van der Waals surface area contributed by atoms with Gasteiger partial charge in [-0.2, -0.15) is 23.7 Å². The lowest BCUT2D eigenvalue weighted by Crippen LogP contribution is -3.00. The van der Waals surface area contributed by atoms with Crippen LogP contribution in [0.1, 0.15) is 91.3 Å². The molecule has 0 aliphatic carbocycles. The van der Waals surface area contributed by atoms with E-state index in [4.69, 9.17) is 39.9 Å². The Morgan fingerprint density at radius 1 is 0.600 bits per heavy atom. The predicted octanol–water partition coefficient (Wildman–Crippen LogP) is 6.15. The van der Waals surface area contributed by atoms with Crippen LogP contribution in [-0.4, -0.2) is 91.0 Å². The molecule has 0 saturated carbocycles. The molecule has 0 amide bonds. The Bertz CT molecular complexity index is 4310. The third-order valence-corrected chi connectivity index (χ3v) is 17.8. The number of nitrogens with one attached hydrogen (secondary N) is 2. The van der Waals surface area contributed by atoms with Gasteiger partial charge in [-0.25, -0.2) is 36.7 Å². The SMILES string of the molecule is CNCC(=O)Oc1c(C)cc(C[n+]2cnn(C[C@](O)(c3ccc(F)cc3F)[C@@H](C)c3nc(-c4ccc(C#N)cc4)cs3)c2)cc1C.CNCC(=O)Oc1c(C)cc(C[n+]2cnn(C[C@](O)(c3ccc(F)cc3F)[C@@H](C)c3nc(-c4ccc(C#N)cc4)cs3)c2)cc1C.O=C([O-])C(F)(F)F.[Br-]. The average Bonchev–Trinajstić information content (AvgIpc) is 1.37. The fourth-order valence-corrected chi connectivity index (χ4v) is 12.8. The highest BCUT2D eigenvalue weighted by Gasteiger charge is 2.45. The molecule has 4 heterocycles. The molecule has 0 bridgehead atoms. The van der Waals surface area contributed by atoms with E-state index in [9.17, 15) is 41.8 Å². The van der Waals surface area contributed by atoms with E-state index in [0.29, 0.717) is 57.1 Å². The molecular weight excluding hydrogens is 1410 g/mol. The topological polar surface area (TPSA) is 274 Å². The van der Waals surface area contributed by atoms with Crippen molar-refractivity contribution >= 4 is 40.6 Å². The molecule has 20 nitrogen and oxygen atoms in total. The van der Waals surface area contributed by atoms with E-state index in [1.165, 1.54) is 44.2 Å². The van der Waals surface area contributed by atoms with Gasteiger partial charge in [-0.1, -0.05) is 50.2 Å². The first-order valence-electron chi connectivity index (χ1n) is 30.2. The molecule has 0 radical (unpaired) electrons. The summed E-state index contributed by atoms with van der Waals surface area (Å²) in [4.78, 5) is 42.3. The minimum atomic E-state index is -5.19. The third-order valence-electron chi connectivity index (χ3n) is 15.8. The normalized spacial score (nSPS) is 12.9. The minimum Gasteiger partial charge on any atom is -1.00 e. The van der Waals surface area contributed by atoms with Crippen LogP contribution in [0.3, 0.4) is 0 Å². The van der Waals surface area contributed by atoms with Crippen LogP contribution in [0.5, 0.6) is 11.5 Å². The Hall–Kier alpha value is -9.92. The number of aromatic nitrogens is 8. The van der Waals surface area contributed by atoms with Crippen molar-refractivity contribution in [2.45, 2.75) is 96.9 Å². The van der Waals surface area contributed by atoms with Crippen LogP contribution in [0.4, 0.5) is 30.7 Å². The van der Waals surface area contributed by atoms with Crippen LogP contribution >= 0.6 is 22.7 Å². The molecule has 4 atom stereocenters. The summed E-state index contributed by atoms with van der Waals surface area (Å²) in [6, 6.07) is 32.1. The number of esters is 2. The van der Waals surface area contributed by atoms with Crippen LogP contribution in [0.2, 0.25) is 0 Å². The molecule has 100 heavy (non-hydrogen) atoms. The maximum atomic E-state index is 15.3. The number of nitrogens with zero attached hydrogens (tertiary/aromatic N) is 10. The van der Waals surface area contributed by atoms with Crippen LogP contribution < -0.4 is 51.3 Å². The predicted molar refractivity (Wildman–Crippen MR) is 347 cm³/mol. The average molecular weight is 1480 g/mol. The number of aryl methyl sites for hydroxylation is 4. The van der Waals surface area contributed by atoms with Gasteiger partial charge in [0.25, 0.3) is 12.7 Å². The fraction of sp³-hybridized carbons (Fsp3) is 0.271. The zero-order chi connectivity index (χ0) is 72.1. The largest absolute Gasteiger partial charge is 1.00 e. The highest BCUT2D eigenvalue weighted by atomic mass is 79.9. The quantitative estimate of drug-likeness (QED) is 0.0256. The van der Waals surface area contributed by atoms with Crippen molar-refractivity contribution in [3.63, 3.8) is 0 Å². The number of nitriles is 2. The monoisotopic (exact) mass is 1480 g/mol. The number of carbonyl (C=O) groups excluding carboxylic acids is 3. The maximum absolute atomic E-state index is 15.3. The lowest BCUT2D eigenvalue weighted by Gasteiger charge is -2.32. The van der Waals surface area contributed by atoms with Crippen LogP contribution in [0.25, 0.3) is 22.5 Å². The second-order valence-electron chi connectivity index (χ2n) is 23.2. The summed E-state index contributed by atoms with van der Waals surface area (Å²) < 4.78 is 108. The Balaban J connectivity index is 0.000000254. The Kier molecular flexibility index (Phi) is 26.1. The van der Waals surface area contributed by atoms with Gasteiger partial charge in [0.1, 0.15) is 65.0 Å². The number of rotatable bonds is 22. The Labute approximate surface area is 588 Å². The number of alkyl halides is 3. The van der Waals surface area contributed by atoms with E-state index in [2.05, 4.69) is 33.0 Å². The van der Waals surface area contributed by atoms with Crippen LogP contribution in [-0.2, 0) is 51.8 Å². The van der Waals surface area contributed by atoms with Crippen molar-refractivity contribution in [1.29, 1.82) is 10.5 Å². The van der Waals surface area contributed by atoms with Gasteiger partial charge in [0.05, 0.1) is 70.8 Å². The number of benzene rings is 6. The molecule has 30 heteroatoms. The molecule has 4 N–H and O–H groups in total. The fourth-order valence-electron chi connectivity index (χ4n) is 10.8. The van der Waals surface area contributed by atoms with Crippen molar-refractivity contribution in [2.75, 3.05) is 27.2 Å². The van der Waals surface area contributed by atoms with E-state index in [1.807, 2.05) is 71.9 Å². The highest BCUT2D eigenvalue weighted by molar-refractivity contribution is 7.10. The number of aliphatic carboxylic acids is 1. The summed E-state index contributed by atoms with van der Waals surface area (Å²) in [6.45, 7) is 11.8. The number of likely N-dealkylation sites (N-methyl/N-ethyl adjacent to an activating group) is 2. The summed E-state index contributed by atoms with van der Waals surface area (Å²) in [5.41, 5.74) is 5.24. The number of halogens is 8. The molecule has 10 aromatic rings. The lowest BCUT2D eigenvalue weighted by atomic mass is 9.82. The molecule has 0 unspecified atom stereocenters. The summed E-state index contributed by atoms with van der Waals surface area (Å²) in [5.74, 6) is -7.40. The number of carboxylic acids is 1.